The van der Waals surface area contributed by atoms with Gasteiger partial charge in [-0.1, -0.05) is 6.42 Å². The number of hydrogen-bond acceptors (Lipinski definition) is 4. The largest absolute Gasteiger partial charge is 0.397 e. The molecule has 1 aromatic heterocycles. The molecule has 2 rings (SSSR count). The molecule has 1 aliphatic rings. The minimum absolute atomic E-state index is 0.0593. The van der Waals surface area contributed by atoms with Gasteiger partial charge in [-0.2, -0.15) is 0 Å². The quantitative estimate of drug-likeness (QED) is 0.843. The second kappa shape index (κ2) is 6.28. The van der Waals surface area contributed by atoms with Crippen LogP contribution in [0.25, 0.3) is 0 Å². The van der Waals surface area contributed by atoms with E-state index in [-0.39, 0.29) is 5.91 Å². The summed E-state index contributed by atoms with van der Waals surface area (Å²) in [5, 5.41) is 3.93. The van der Waals surface area contributed by atoms with Gasteiger partial charge in [-0.15, -0.1) is 11.3 Å². The molecule has 19 heavy (non-hydrogen) atoms. The summed E-state index contributed by atoms with van der Waals surface area (Å²) in [4.78, 5) is 14.9. The van der Waals surface area contributed by atoms with Gasteiger partial charge in [0.15, 0.2) is 0 Å². The zero-order valence-corrected chi connectivity index (χ0v) is 12.6. The second-order valence-corrected chi connectivity index (χ2v) is 6.09. The Morgan fingerprint density at radius 3 is 2.79 bits per heavy atom. The number of nitrogens with one attached hydrogen (secondary N) is 1. The smallest absolute Gasteiger partial charge is 0.263 e. The molecular formula is C14H23N3OS. The first-order valence-corrected chi connectivity index (χ1v) is 7.89. The Kier molecular flexibility index (Phi) is 4.69. The van der Waals surface area contributed by atoms with E-state index in [0.717, 1.165) is 24.0 Å². The Bertz CT molecular complexity index is 440. The third-order valence-corrected chi connectivity index (χ3v) is 4.90. The summed E-state index contributed by atoms with van der Waals surface area (Å²) < 4.78 is 0. The van der Waals surface area contributed by atoms with Gasteiger partial charge in [0.25, 0.3) is 5.91 Å². The SMILES string of the molecule is CCNC(=O)c1sc(N(CC)CC2CCC2)cc1N. The summed E-state index contributed by atoms with van der Waals surface area (Å²) in [5.74, 6) is 0.757. The summed E-state index contributed by atoms with van der Waals surface area (Å²) in [6.07, 6.45) is 4.03. The summed E-state index contributed by atoms with van der Waals surface area (Å²) in [7, 11) is 0. The molecule has 1 aromatic rings. The van der Waals surface area contributed by atoms with Crippen molar-refractivity contribution < 1.29 is 4.79 Å². The molecule has 0 aliphatic heterocycles. The molecule has 0 unspecified atom stereocenters. The summed E-state index contributed by atoms with van der Waals surface area (Å²) in [5.41, 5.74) is 6.56. The Labute approximate surface area is 119 Å². The van der Waals surface area contributed by atoms with Crippen LogP contribution in [0.1, 0.15) is 42.8 Å². The lowest BCUT2D eigenvalue weighted by molar-refractivity contribution is 0.0960. The van der Waals surface area contributed by atoms with E-state index < -0.39 is 0 Å². The van der Waals surface area contributed by atoms with Gasteiger partial charge in [-0.05, 0) is 38.7 Å². The van der Waals surface area contributed by atoms with Crippen LogP contribution in [0.3, 0.4) is 0 Å². The molecule has 1 heterocycles. The van der Waals surface area contributed by atoms with Crippen molar-refractivity contribution in [2.24, 2.45) is 5.92 Å². The van der Waals surface area contributed by atoms with E-state index in [0.29, 0.717) is 17.1 Å². The maximum absolute atomic E-state index is 11.9. The highest BCUT2D eigenvalue weighted by molar-refractivity contribution is 7.18. The average molecular weight is 281 g/mol. The molecule has 0 atom stereocenters. The molecule has 1 amide bonds. The monoisotopic (exact) mass is 281 g/mol. The molecular weight excluding hydrogens is 258 g/mol. The summed E-state index contributed by atoms with van der Waals surface area (Å²) in [6.45, 7) is 6.75. The number of nitrogens with zero attached hydrogens (tertiary/aromatic N) is 1. The third-order valence-electron chi connectivity index (χ3n) is 3.69. The minimum Gasteiger partial charge on any atom is -0.397 e. The summed E-state index contributed by atoms with van der Waals surface area (Å²) in [6, 6.07) is 1.94. The van der Waals surface area contributed by atoms with Crippen molar-refractivity contribution >= 4 is 27.9 Å². The van der Waals surface area contributed by atoms with Crippen molar-refractivity contribution in [2.45, 2.75) is 33.1 Å². The predicted molar refractivity (Wildman–Crippen MR) is 82.0 cm³/mol. The van der Waals surface area contributed by atoms with Crippen LogP contribution >= 0.6 is 11.3 Å². The molecule has 0 spiro atoms. The van der Waals surface area contributed by atoms with Gasteiger partial charge in [-0.25, -0.2) is 0 Å². The van der Waals surface area contributed by atoms with E-state index in [1.165, 1.54) is 30.6 Å². The van der Waals surface area contributed by atoms with E-state index in [1.807, 2.05) is 13.0 Å². The van der Waals surface area contributed by atoms with Crippen LogP contribution in [-0.4, -0.2) is 25.5 Å². The van der Waals surface area contributed by atoms with Gasteiger partial charge in [0.2, 0.25) is 0 Å². The topological polar surface area (TPSA) is 58.4 Å². The molecule has 0 saturated heterocycles. The second-order valence-electron chi connectivity index (χ2n) is 5.06. The molecule has 1 fully saturated rings. The first kappa shape index (κ1) is 14.2. The number of carbonyl (C=O) groups excluding carboxylic acids is 1. The van der Waals surface area contributed by atoms with Crippen molar-refractivity contribution in [3.63, 3.8) is 0 Å². The molecule has 5 heteroatoms. The maximum atomic E-state index is 11.9. The van der Waals surface area contributed by atoms with Crippen molar-refractivity contribution in [1.82, 2.24) is 5.32 Å². The van der Waals surface area contributed by atoms with E-state index in [9.17, 15) is 4.79 Å². The molecule has 1 aliphatic carbocycles. The molecule has 1 saturated carbocycles. The molecule has 0 bridgehead atoms. The highest BCUT2D eigenvalue weighted by Crippen LogP contribution is 2.35. The van der Waals surface area contributed by atoms with Crippen molar-refractivity contribution in [1.29, 1.82) is 0 Å². The van der Waals surface area contributed by atoms with Crippen LogP contribution in [-0.2, 0) is 0 Å². The lowest BCUT2D eigenvalue weighted by Crippen LogP contribution is -2.31. The Morgan fingerprint density at radius 2 is 2.26 bits per heavy atom. The van der Waals surface area contributed by atoms with E-state index in [2.05, 4.69) is 17.1 Å². The van der Waals surface area contributed by atoms with Gasteiger partial charge < -0.3 is 16.0 Å². The molecule has 0 radical (unpaired) electrons. The Hall–Kier alpha value is -1.23. The lowest BCUT2D eigenvalue weighted by Gasteiger charge is -2.32. The standard InChI is InChI=1S/C14H23N3OS/c1-3-16-14(18)13-11(15)8-12(19-13)17(4-2)9-10-6-5-7-10/h8,10H,3-7,9,15H2,1-2H3,(H,16,18). The number of rotatable bonds is 6. The molecule has 0 aromatic carbocycles. The normalized spacial score (nSPS) is 15.1. The number of carbonyl (C=O) groups is 1. The van der Waals surface area contributed by atoms with E-state index in [4.69, 9.17) is 5.73 Å². The maximum Gasteiger partial charge on any atom is 0.263 e. The number of nitrogens with two attached hydrogens (primary N) is 1. The first-order chi connectivity index (χ1) is 9.15. The van der Waals surface area contributed by atoms with Crippen molar-refractivity contribution in [3.05, 3.63) is 10.9 Å². The number of amides is 1. The number of hydrogen-bond donors (Lipinski definition) is 2. The molecule has 4 nitrogen and oxygen atoms in total. The fraction of sp³-hybridized carbons (Fsp3) is 0.643. The highest BCUT2D eigenvalue weighted by Gasteiger charge is 2.22. The van der Waals surface area contributed by atoms with Gasteiger partial charge >= 0.3 is 0 Å². The predicted octanol–water partition coefficient (Wildman–Crippen LogP) is 2.71. The van der Waals surface area contributed by atoms with Crippen molar-refractivity contribution in [3.8, 4) is 0 Å². The fourth-order valence-electron chi connectivity index (χ4n) is 2.33. The van der Waals surface area contributed by atoms with Gasteiger partial charge in [0, 0.05) is 19.6 Å². The Morgan fingerprint density at radius 1 is 1.53 bits per heavy atom. The van der Waals surface area contributed by atoms with Crippen molar-refractivity contribution in [2.75, 3.05) is 30.3 Å². The van der Waals surface area contributed by atoms with Crippen LogP contribution in [0.2, 0.25) is 0 Å². The van der Waals surface area contributed by atoms with E-state index >= 15 is 0 Å². The average Bonchev–Trinajstić information content (AvgIpc) is 2.70. The van der Waals surface area contributed by atoms with Gasteiger partial charge in [0.05, 0.1) is 10.7 Å². The number of thiophene rings is 1. The van der Waals surface area contributed by atoms with Gasteiger partial charge in [0.1, 0.15) is 4.88 Å². The van der Waals surface area contributed by atoms with Gasteiger partial charge in [-0.3, -0.25) is 4.79 Å². The first-order valence-electron chi connectivity index (χ1n) is 7.08. The third kappa shape index (κ3) is 3.21. The zero-order valence-electron chi connectivity index (χ0n) is 11.7. The highest BCUT2D eigenvalue weighted by atomic mass is 32.1. The van der Waals surface area contributed by atoms with Crippen LogP contribution in [0.5, 0.6) is 0 Å². The molecule has 3 N–H and O–H groups in total. The minimum atomic E-state index is -0.0593. The number of nitrogen functional groups attached to an aromatic ring is 1. The summed E-state index contributed by atoms with van der Waals surface area (Å²) >= 11 is 1.51. The number of anilines is 2. The van der Waals surface area contributed by atoms with E-state index in [1.54, 1.807) is 0 Å². The lowest BCUT2D eigenvalue weighted by atomic mass is 9.85. The Balaban J connectivity index is 2.09. The van der Waals surface area contributed by atoms with Crippen LogP contribution in [0.15, 0.2) is 6.07 Å². The van der Waals surface area contributed by atoms with Crippen LogP contribution in [0, 0.1) is 5.92 Å². The zero-order chi connectivity index (χ0) is 13.8. The van der Waals surface area contributed by atoms with Crippen LogP contribution < -0.4 is 16.0 Å². The molecule has 106 valence electrons. The van der Waals surface area contributed by atoms with Crippen LogP contribution in [0.4, 0.5) is 10.7 Å². The fourth-order valence-corrected chi connectivity index (χ4v) is 3.40.